The van der Waals surface area contributed by atoms with Gasteiger partial charge in [-0.05, 0) is 68.9 Å². The van der Waals surface area contributed by atoms with Gasteiger partial charge in [-0.25, -0.2) is 4.39 Å². The molecule has 1 unspecified atom stereocenters. The number of amides is 1. The van der Waals surface area contributed by atoms with Crippen LogP contribution in [0.25, 0.3) is 0 Å². The molecule has 0 N–H and O–H groups in total. The first-order chi connectivity index (χ1) is 13.5. The highest BCUT2D eigenvalue weighted by molar-refractivity contribution is 6.08. The van der Waals surface area contributed by atoms with Crippen molar-refractivity contribution in [1.82, 2.24) is 4.90 Å². The van der Waals surface area contributed by atoms with Crippen molar-refractivity contribution in [3.05, 3.63) is 53.3 Å². The highest BCUT2D eigenvalue weighted by Crippen LogP contribution is 2.31. The molecule has 5 nitrogen and oxygen atoms in total. The van der Waals surface area contributed by atoms with Crippen LogP contribution in [0.5, 0.6) is 5.75 Å². The van der Waals surface area contributed by atoms with Gasteiger partial charge in [-0.3, -0.25) is 4.79 Å². The first-order valence-electron chi connectivity index (χ1n) is 9.67. The summed E-state index contributed by atoms with van der Waals surface area (Å²) in [5.74, 6) is 0.382. The highest BCUT2D eigenvalue weighted by atomic mass is 19.1. The van der Waals surface area contributed by atoms with Crippen LogP contribution in [0.4, 0.5) is 15.8 Å². The Morgan fingerprint density at radius 2 is 1.96 bits per heavy atom. The van der Waals surface area contributed by atoms with E-state index in [0.717, 1.165) is 37.2 Å². The molecule has 2 aromatic carbocycles. The third-order valence-electron chi connectivity index (χ3n) is 5.87. The van der Waals surface area contributed by atoms with Crippen molar-refractivity contribution in [2.45, 2.75) is 18.9 Å². The summed E-state index contributed by atoms with van der Waals surface area (Å²) in [6.07, 6.45) is 1.75. The Morgan fingerprint density at radius 3 is 2.64 bits per heavy atom. The molecule has 148 valence electrons. The Morgan fingerprint density at radius 1 is 1.14 bits per heavy atom. The van der Waals surface area contributed by atoms with E-state index >= 15 is 0 Å². The maximum absolute atomic E-state index is 14.9. The van der Waals surface area contributed by atoms with E-state index in [0.29, 0.717) is 29.5 Å². The summed E-state index contributed by atoms with van der Waals surface area (Å²) in [6.45, 7) is 2.20. The summed E-state index contributed by atoms with van der Waals surface area (Å²) in [5, 5.41) is 0. The molecule has 0 aliphatic carbocycles. The smallest absolute Gasteiger partial charge is 0.258 e. The van der Waals surface area contributed by atoms with Gasteiger partial charge in [-0.2, -0.15) is 0 Å². The maximum atomic E-state index is 14.9. The fraction of sp³-hybridized carbons (Fsp3) is 0.409. The Labute approximate surface area is 165 Å². The van der Waals surface area contributed by atoms with E-state index in [-0.39, 0.29) is 11.7 Å². The van der Waals surface area contributed by atoms with Crippen LogP contribution in [0.1, 0.15) is 22.3 Å². The van der Waals surface area contributed by atoms with Crippen molar-refractivity contribution in [2.75, 3.05) is 50.6 Å². The summed E-state index contributed by atoms with van der Waals surface area (Å²) in [6, 6.07) is 11.1. The number of hydrogen-bond donors (Lipinski definition) is 0. The van der Waals surface area contributed by atoms with E-state index in [9.17, 15) is 9.18 Å². The average Bonchev–Trinajstić information content (AvgIpc) is 3.18. The van der Waals surface area contributed by atoms with Crippen molar-refractivity contribution in [2.24, 2.45) is 0 Å². The molecule has 4 rings (SSSR count). The van der Waals surface area contributed by atoms with Crippen LogP contribution in [0.3, 0.4) is 0 Å². The minimum Gasteiger partial charge on any atom is -0.497 e. The number of methoxy groups -OCH3 is 1. The molecule has 0 radical (unpaired) electrons. The van der Waals surface area contributed by atoms with E-state index in [1.54, 1.807) is 30.2 Å². The Balaban J connectivity index is 1.55. The normalized spacial score (nSPS) is 19.3. The van der Waals surface area contributed by atoms with Crippen LogP contribution < -0.4 is 14.5 Å². The predicted octanol–water partition coefficient (Wildman–Crippen LogP) is 3.18. The number of carbonyl (C=O) groups excluding carboxylic acids is 1. The van der Waals surface area contributed by atoms with Crippen LogP contribution in [-0.2, 0) is 6.42 Å². The number of rotatable bonds is 4. The fourth-order valence-corrected chi connectivity index (χ4v) is 4.14. The molecule has 2 heterocycles. The molecule has 0 aromatic heterocycles. The van der Waals surface area contributed by atoms with Gasteiger partial charge in [-0.15, -0.1) is 0 Å². The molecule has 1 amide bonds. The van der Waals surface area contributed by atoms with Gasteiger partial charge in [0.05, 0.1) is 12.8 Å². The average molecular weight is 383 g/mol. The van der Waals surface area contributed by atoms with Crippen LogP contribution in [0, 0.1) is 5.82 Å². The van der Waals surface area contributed by atoms with Crippen LogP contribution in [0.15, 0.2) is 36.4 Å². The van der Waals surface area contributed by atoms with Gasteiger partial charge in [0.15, 0.2) is 0 Å². The van der Waals surface area contributed by atoms with Crippen molar-refractivity contribution in [3.63, 3.8) is 0 Å². The van der Waals surface area contributed by atoms with Crippen LogP contribution in [0.2, 0.25) is 0 Å². The van der Waals surface area contributed by atoms with E-state index in [2.05, 4.69) is 23.9 Å². The Bertz CT molecular complexity index is 899. The number of anilines is 2. The number of hydrogen-bond acceptors (Lipinski definition) is 4. The number of nitrogens with zero attached hydrogens (tertiary/aromatic N) is 3. The quantitative estimate of drug-likeness (QED) is 0.813. The summed E-state index contributed by atoms with van der Waals surface area (Å²) in [5.41, 5.74) is 2.85. The standard InChI is InChI=1S/C22H26FN3O2/c1-24(2)17-9-10-25(14-17)21-7-4-16(13-20(21)23)26-11-8-15-12-18(28-3)5-6-19(15)22(26)27/h4-7,12-13,17H,8-11,14H2,1-3H3. The minimum atomic E-state index is -0.273. The monoisotopic (exact) mass is 383 g/mol. The molecule has 1 fully saturated rings. The van der Waals surface area contributed by atoms with Gasteiger partial charge in [0, 0.05) is 36.9 Å². The van der Waals surface area contributed by atoms with Crippen molar-refractivity contribution >= 4 is 17.3 Å². The largest absolute Gasteiger partial charge is 0.497 e. The summed E-state index contributed by atoms with van der Waals surface area (Å²) in [4.78, 5) is 18.9. The lowest BCUT2D eigenvalue weighted by atomic mass is 9.98. The fourth-order valence-electron chi connectivity index (χ4n) is 4.14. The van der Waals surface area contributed by atoms with Crippen LogP contribution in [-0.4, -0.2) is 57.7 Å². The maximum Gasteiger partial charge on any atom is 0.258 e. The third kappa shape index (κ3) is 3.33. The number of benzene rings is 2. The second-order valence-corrected chi connectivity index (χ2v) is 7.72. The molecular weight excluding hydrogens is 357 g/mol. The minimum absolute atomic E-state index is 0.0927. The lowest BCUT2D eigenvalue weighted by Gasteiger charge is -2.29. The zero-order valence-corrected chi connectivity index (χ0v) is 16.6. The number of fused-ring (bicyclic) bond motifs is 1. The number of halogens is 1. The molecule has 0 bridgehead atoms. The lowest BCUT2D eigenvalue weighted by molar-refractivity contribution is 0.0980. The molecule has 0 spiro atoms. The van der Waals surface area contributed by atoms with Crippen LogP contribution >= 0.6 is 0 Å². The molecule has 0 saturated carbocycles. The van der Waals surface area contributed by atoms with Crippen molar-refractivity contribution < 1.29 is 13.9 Å². The first kappa shape index (κ1) is 18.7. The van der Waals surface area contributed by atoms with Gasteiger partial charge < -0.3 is 19.4 Å². The molecule has 6 heteroatoms. The van der Waals surface area contributed by atoms with Gasteiger partial charge in [0.2, 0.25) is 0 Å². The van der Waals surface area contributed by atoms with E-state index in [1.807, 2.05) is 12.1 Å². The lowest BCUT2D eigenvalue weighted by Crippen LogP contribution is -2.37. The molecule has 1 saturated heterocycles. The second-order valence-electron chi connectivity index (χ2n) is 7.72. The van der Waals surface area contributed by atoms with Gasteiger partial charge in [0.1, 0.15) is 11.6 Å². The molecular formula is C22H26FN3O2. The summed E-state index contributed by atoms with van der Waals surface area (Å²) < 4.78 is 20.1. The van der Waals surface area contributed by atoms with Gasteiger partial charge in [-0.1, -0.05) is 0 Å². The van der Waals surface area contributed by atoms with Gasteiger partial charge in [0.25, 0.3) is 5.91 Å². The van der Waals surface area contributed by atoms with E-state index in [4.69, 9.17) is 4.74 Å². The topological polar surface area (TPSA) is 36.0 Å². The zero-order valence-electron chi connectivity index (χ0n) is 16.6. The number of ether oxygens (including phenoxy) is 1. The van der Waals surface area contributed by atoms with Crippen molar-refractivity contribution in [1.29, 1.82) is 0 Å². The molecule has 28 heavy (non-hydrogen) atoms. The van der Waals surface area contributed by atoms with E-state index in [1.165, 1.54) is 6.07 Å². The SMILES string of the molecule is COc1ccc2c(c1)CCN(c1ccc(N3CCC(N(C)C)C3)c(F)c1)C2=O. The van der Waals surface area contributed by atoms with Crippen molar-refractivity contribution in [3.8, 4) is 5.75 Å². The predicted molar refractivity (Wildman–Crippen MR) is 109 cm³/mol. The third-order valence-corrected chi connectivity index (χ3v) is 5.87. The Kier molecular flexibility index (Phi) is 4.98. The second kappa shape index (κ2) is 7.43. The molecule has 1 atom stereocenters. The molecule has 2 aromatic rings. The zero-order chi connectivity index (χ0) is 19.8. The number of likely N-dealkylation sites (N-methyl/N-ethyl adjacent to an activating group) is 1. The van der Waals surface area contributed by atoms with Gasteiger partial charge >= 0.3 is 0 Å². The highest BCUT2D eigenvalue weighted by Gasteiger charge is 2.28. The number of carbonyl (C=O) groups is 1. The van der Waals surface area contributed by atoms with E-state index < -0.39 is 0 Å². The molecule has 2 aliphatic heterocycles. The Hall–Kier alpha value is -2.60. The summed E-state index contributed by atoms with van der Waals surface area (Å²) in [7, 11) is 5.73. The summed E-state index contributed by atoms with van der Waals surface area (Å²) >= 11 is 0. The first-order valence-corrected chi connectivity index (χ1v) is 9.67. The molecule has 2 aliphatic rings.